The summed E-state index contributed by atoms with van der Waals surface area (Å²) in [7, 11) is 0. The Labute approximate surface area is 187 Å². The zero-order chi connectivity index (χ0) is 22.2. The van der Waals surface area contributed by atoms with Crippen LogP contribution in [-0.4, -0.2) is 76.7 Å². The van der Waals surface area contributed by atoms with E-state index in [1.165, 1.54) is 4.90 Å². The van der Waals surface area contributed by atoms with Crippen molar-refractivity contribution in [1.82, 2.24) is 20.0 Å². The van der Waals surface area contributed by atoms with Crippen molar-refractivity contribution in [2.75, 3.05) is 26.2 Å². The van der Waals surface area contributed by atoms with E-state index < -0.39 is 12.1 Å². The van der Waals surface area contributed by atoms with Gasteiger partial charge < -0.3 is 15.1 Å². The van der Waals surface area contributed by atoms with Gasteiger partial charge in [0.2, 0.25) is 11.8 Å². The van der Waals surface area contributed by atoms with Crippen LogP contribution in [-0.2, 0) is 20.8 Å². The van der Waals surface area contributed by atoms with E-state index >= 15 is 0 Å². The lowest BCUT2D eigenvalue weighted by atomic mass is 9.76. The highest BCUT2D eigenvalue weighted by Gasteiger charge is 2.46. The van der Waals surface area contributed by atoms with Gasteiger partial charge in [-0.25, -0.2) is 4.79 Å². The fourth-order valence-corrected chi connectivity index (χ4v) is 5.93. The molecule has 4 saturated heterocycles. The number of urea groups is 1. The second kappa shape index (κ2) is 8.56. The molecule has 8 nitrogen and oxygen atoms in total. The molecule has 8 heteroatoms. The number of nitrogens with one attached hydrogen (secondary N) is 1. The van der Waals surface area contributed by atoms with E-state index in [-0.39, 0.29) is 30.2 Å². The third kappa shape index (κ3) is 3.98. The van der Waals surface area contributed by atoms with Crippen molar-refractivity contribution < 1.29 is 19.2 Å². The first-order valence-corrected chi connectivity index (χ1v) is 11.7. The molecule has 1 N–H and O–H groups in total. The third-order valence-electron chi connectivity index (χ3n) is 7.49. The molecule has 2 bridgehead atoms. The molecule has 4 aliphatic heterocycles. The highest BCUT2D eigenvalue weighted by molar-refractivity contribution is 6.05. The molecule has 4 heterocycles. The quantitative estimate of drug-likeness (QED) is 0.704. The molecule has 1 aromatic carbocycles. The number of likely N-dealkylation sites (tertiary alicyclic amines) is 1. The summed E-state index contributed by atoms with van der Waals surface area (Å²) in [6, 6.07) is 8.75. The average Bonchev–Trinajstić information content (AvgIpc) is 3.06. The number of hydrogen-bond donors (Lipinski definition) is 1. The molecule has 4 fully saturated rings. The standard InChI is InChI=1S/C24H30N4O4/c29-21-8-4-7-20-18-11-17(14-28(20)21)13-26(15-18)22(30)12-19-23(31)27(24(32)25-19)10-9-16-5-2-1-3-6-16/h1-3,5-6,17-20H,4,7-15H2,(H,25,32)/t17-,18+,19+,20-/m1/s1. The van der Waals surface area contributed by atoms with E-state index in [1.54, 1.807) is 0 Å². The van der Waals surface area contributed by atoms with E-state index in [2.05, 4.69) is 10.2 Å². The van der Waals surface area contributed by atoms with Gasteiger partial charge in [-0.2, -0.15) is 0 Å². The Morgan fingerprint density at radius 3 is 2.69 bits per heavy atom. The second-order valence-electron chi connectivity index (χ2n) is 9.60. The van der Waals surface area contributed by atoms with Gasteiger partial charge in [-0.3, -0.25) is 19.3 Å². The fraction of sp³-hybridized carbons (Fsp3) is 0.583. The van der Waals surface area contributed by atoms with Crippen LogP contribution < -0.4 is 5.32 Å². The molecule has 5 amide bonds. The van der Waals surface area contributed by atoms with Crippen LogP contribution in [0.4, 0.5) is 4.79 Å². The maximum absolute atomic E-state index is 13.1. The summed E-state index contributed by atoms with van der Waals surface area (Å²) in [5.74, 6) is 0.462. The molecule has 0 unspecified atom stereocenters. The normalized spacial score (nSPS) is 29.8. The number of carbonyl (C=O) groups excluding carboxylic acids is 4. The van der Waals surface area contributed by atoms with Crippen molar-refractivity contribution in [2.24, 2.45) is 11.8 Å². The maximum atomic E-state index is 13.1. The van der Waals surface area contributed by atoms with Gasteiger partial charge in [0.25, 0.3) is 5.91 Å². The lowest BCUT2D eigenvalue weighted by Gasteiger charge is -2.52. The summed E-state index contributed by atoms with van der Waals surface area (Å²) in [5.41, 5.74) is 1.06. The summed E-state index contributed by atoms with van der Waals surface area (Å²) in [6.45, 7) is 2.30. The number of nitrogens with zero attached hydrogens (tertiary/aromatic N) is 3. The van der Waals surface area contributed by atoms with Crippen LogP contribution in [0.15, 0.2) is 30.3 Å². The number of rotatable bonds is 5. The topological polar surface area (TPSA) is 90.0 Å². The Morgan fingerprint density at radius 2 is 1.88 bits per heavy atom. The highest BCUT2D eigenvalue weighted by atomic mass is 16.2. The minimum atomic E-state index is -0.791. The van der Waals surface area contributed by atoms with Crippen LogP contribution in [0.2, 0.25) is 0 Å². The summed E-state index contributed by atoms with van der Waals surface area (Å²) < 4.78 is 0. The van der Waals surface area contributed by atoms with Crippen LogP contribution in [0.5, 0.6) is 0 Å². The first kappa shape index (κ1) is 21.0. The number of carbonyl (C=O) groups is 4. The molecule has 0 spiro atoms. The minimum Gasteiger partial charge on any atom is -0.342 e. The number of piperidine rings is 3. The molecule has 0 saturated carbocycles. The van der Waals surface area contributed by atoms with Crippen molar-refractivity contribution in [1.29, 1.82) is 0 Å². The summed E-state index contributed by atoms with van der Waals surface area (Å²) in [6.07, 6.45) is 4.23. The Morgan fingerprint density at radius 1 is 1.06 bits per heavy atom. The summed E-state index contributed by atoms with van der Waals surface area (Å²) in [4.78, 5) is 55.7. The predicted octanol–water partition coefficient (Wildman–Crippen LogP) is 1.40. The average molecular weight is 439 g/mol. The monoisotopic (exact) mass is 438 g/mol. The lowest BCUT2D eigenvalue weighted by Crippen LogP contribution is -2.61. The summed E-state index contributed by atoms with van der Waals surface area (Å²) >= 11 is 0. The van der Waals surface area contributed by atoms with Crippen molar-refractivity contribution in [3.8, 4) is 0 Å². The van der Waals surface area contributed by atoms with Gasteiger partial charge >= 0.3 is 6.03 Å². The van der Waals surface area contributed by atoms with Crippen molar-refractivity contribution in [2.45, 2.75) is 50.6 Å². The number of amides is 5. The molecule has 0 aromatic heterocycles. The van der Waals surface area contributed by atoms with Gasteiger partial charge in [0.1, 0.15) is 6.04 Å². The van der Waals surface area contributed by atoms with Crippen molar-refractivity contribution in [3.63, 3.8) is 0 Å². The van der Waals surface area contributed by atoms with Gasteiger partial charge in [0.05, 0.1) is 6.42 Å². The number of fused-ring (bicyclic) bond motifs is 4. The molecule has 32 heavy (non-hydrogen) atoms. The molecule has 5 rings (SSSR count). The Bertz CT molecular complexity index is 920. The summed E-state index contributed by atoms with van der Waals surface area (Å²) in [5, 5.41) is 2.70. The first-order valence-electron chi connectivity index (χ1n) is 11.7. The molecular weight excluding hydrogens is 408 g/mol. The van der Waals surface area contributed by atoms with E-state index in [0.717, 1.165) is 31.4 Å². The zero-order valence-electron chi connectivity index (χ0n) is 18.2. The molecule has 4 atom stereocenters. The van der Waals surface area contributed by atoms with E-state index in [1.807, 2.05) is 35.2 Å². The molecule has 1 aromatic rings. The Hall–Kier alpha value is -2.90. The van der Waals surface area contributed by atoms with Gasteiger partial charge in [-0.1, -0.05) is 30.3 Å². The first-order chi connectivity index (χ1) is 15.5. The smallest absolute Gasteiger partial charge is 0.324 e. The fourth-order valence-electron chi connectivity index (χ4n) is 5.93. The van der Waals surface area contributed by atoms with Gasteiger partial charge in [-0.15, -0.1) is 0 Å². The van der Waals surface area contributed by atoms with Gasteiger partial charge in [0, 0.05) is 38.6 Å². The minimum absolute atomic E-state index is 0.000832. The van der Waals surface area contributed by atoms with Gasteiger partial charge in [0.15, 0.2) is 0 Å². The number of hydrogen-bond acceptors (Lipinski definition) is 4. The molecule has 170 valence electrons. The maximum Gasteiger partial charge on any atom is 0.324 e. The van der Waals surface area contributed by atoms with E-state index in [9.17, 15) is 19.2 Å². The highest BCUT2D eigenvalue weighted by Crippen LogP contribution is 2.38. The van der Waals surface area contributed by atoms with Gasteiger partial charge in [-0.05, 0) is 43.1 Å². The van der Waals surface area contributed by atoms with E-state index in [0.29, 0.717) is 44.3 Å². The molecular formula is C24H30N4O4. The van der Waals surface area contributed by atoms with Crippen LogP contribution in [0.3, 0.4) is 0 Å². The van der Waals surface area contributed by atoms with Crippen LogP contribution >= 0.6 is 0 Å². The second-order valence-corrected chi connectivity index (χ2v) is 9.60. The molecule has 4 aliphatic rings. The predicted molar refractivity (Wildman–Crippen MR) is 116 cm³/mol. The SMILES string of the molecule is O=C(C[C@@H]1NC(=O)N(CCc2ccccc2)C1=O)N1C[C@H]2C[C@@H](C1)[C@H]1CCCC(=O)N1C2. The Kier molecular flexibility index (Phi) is 5.61. The largest absolute Gasteiger partial charge is 0.342 e. The lowest BCUT2D eigenvalue weighted by molar-refractivity contribution is -0.149. The third-order valence-corrected chi connectivity index (χ3v) is 7.49. The molecule has 0 radical (unpaired) electrons. The van der Waals surface area contributed by atoms with Crippen LogP contribution in [0.25, 0.3) is 0 Å². The van der Waals surface area contributed by atoms with Crippen molar-refractivity contribution >= 4 is 23.8 Å². The van der Waals surface area contributed by atoms with Crippen LogP contribution in [0, 0.1) is 11.8 Å². The van der Waals surface area contributed by atoms with E-state index in [4.69, 9.17) is 0 Å². The van der Waals surface area contributed by atoms with Crippen molar-refractivity contribution in [3.05, 3.63) is 35.9 Å². The molecule has 0 aliphatic carbocycles. The number of imide groups is 1. The van der Waals surface area contributed by atoms with Crippen LogP contribution in [0.1, 0.15) is 37.7 Å². The Balaban J connectivity index is 1.18. The zero-order valence-corrected chi connectivity index (χ0v) is 18.2. The number of benzene rings is 1.